The van der Waals surface area contributed by atoms with Crippen LogP contribution in [0.4, 0.5) is 0 Å². The van der Waals surface area contributed by atoms with E-state index in [9.17, 15) is 4.79 Å². The number of nitrogens with two attached hydrogens (primary N) is 1. The lowest BCUT2D eigenvalue weighted by Crippen LogP contribution is -2.40. The molecule has 0 unspecified atom stereocenters. The van der Waals surface area contributed by atoms with Crippen LogP contribution in [0.3, 0.4) is 0 Å². The number of carbonyl (C=O) groups excluding carboxylic acids is 1. The lowest BCUT2D eigenvalue weighted by atomic mass is 9.74. The van der Waals surface area contributed by atoms with Crippen LogP contribution in [0.25, 0.3) is 0 Å². The van der Waals surface area contributed by atoms with Gasteiger partial charge in [0, 0.05) is 17.5 Å². The molecule has 0 spiro atoms. The summed E-state index contributed by atoms with van der Waals surface area (Å²) >= 11 is 0. The van der Waals surface area contributed by atoms with Crippen molar-refractivity contribution in [3.05, 3.63) is 33.9 Å². The molecule has 0 amide bonds. The number of aryl methyl sites for hydroxylation is 2. The Morgan fingerprint density at radius 2 is 1.59 bits per heavy atom. The normalized spacial score (nSPS) is 23.4. The van der Waals surface area contributed by atoms with Gasteiger partial charge in [0.25, 0.3) is 0 Å². The van der Waals surface area contributed by atoms with Crippen molar-refractivity contribution in [1.29, 1.82) is 0 Å². The Bertz CT molecular complexity index is 444. The zero-order chi connectivity index (χ0) is 12.7. The third-order valence-corrected chi connectivity index (χ3v) is 4.16. The van der Waals surface area contributed by atoms with Gasteiger partial charge in [-0.1, -0.05) is 6.07 Å². The summed E-state index contributed by atoms with van der Waals surface area (Å²) in [6.07, 6.45) is 1.70. The van der Waals surface area contributed by atoms with E-state index >= 15 is 0 Å². The first-order valence-corrected chi connectivity index (χ1v) is 6.29. The predicted octanol–water partition coefficient (Wildman–Crippen LogP) is 2.84. The van der Waals surface area contributed by atoms with Crippen molar-refractivity contribution in [1.82, 2.24) is 0 Å². The first-order valence-electron chi connectivity index (χ1n) is 6.29. The third kappa shape index (κ3) is 2.02. The van der Waals surface area contributed by atoms with Crippen molar-refractivity contribution in [2.75, 3.05) is 0 Å². The molecule has 0 aliphatic heterocycles. The summed E-state index contributed by atoms with van der Waals surface area (Å²) in [6.45, 7) is 8.25. The number of hydrogen-bond donors (Lipinski definition) is 1. The van der Waals surface area contributed by atoms with Gasteiger partial charge in [-0.25, -0.2) is 0 Å². The largest absolute Gasteiger partial charge is 0.328 e. The van der Waals surface area contributed by atoms with E-state index in [2.05, 4.69) is 19.9 Å². The lowest BCUT2D eigenvalue weighted by molar-refractivity contribution is 0.0831. The van der Waals surface area contributed by atoms with Crippen LogP contribution in [0, 0.1) is 33.6 Å². The molecule has 1 aromatic rings. The summed E-state index contributed by atoms with van der Waals surface area (Å²) in [5, 5.41) is 0. The Balaban J connectivity index is 2.41. The zero-order valence-electron chi connectivity index (χ0n) is 11.1. The van der Waals surface area contributed by atoms with Gasteiger partial charge in [0.15, 0.2) is 5.78 Å². The molecule has 1 aliphatic rings. The molecule has 92 valence electrons. The summed E-state index contributed by atoms with van der Waals surface area (Å²) in [7, 11) is 0. The second-order valence-electron chi connectivity index (χ2n) is 5.43. The zero-order valence-corrected chi connectivity index (χ0v) is 11.1. The molecule has 2 nitrogen and oxygen atoms in total. The molecule has 0 saturated heterocycles. The first kappa shape index (κ1) is 12.3. The van der Waals surface area contributed by atoms with Gasteiger partial charge in [0.1, 0.15) is 0 Å². The standard InChI is InChI=1S/C15H21NO/c1-8-5-9(2)11(4)14(10(8)3)15(17)12-6-13(16)7-12/h5,12-13H,6-7,16H2,1-4H3. The fourth-order valence-electron chi connectivity index (χ4n) is 2.67. The van der Waals surface area contributed by atoms with Crippen molar-refractivity contribution >= 4 is 5.78 Å². The highest BCUT2D eigenvalue weighted by atomic mass is 16.1. The highest BCUT2D eigenvalue weighted by Crippen LogP contribution is 2.32. The third-order valence-electron chi connectivity index (χ3n) is 4.16. The van der Waals surface area contributed by atoms with Gasteiger partial charge >= 0.3 is 0 Å². The number of Topliss-reactive ketones (excluding diaryl/α,β-unsaturated/α-hetero) is 1. The predicted molar refractivity (Wildman–Crippen MR) is 70.4 cm³/mol. The van der Waals surface area contributed by atoms with E-state index < -0.39 is 0 Å². The maximum atomic E-state index is 12.5. The Morgan fingerprint density at radius 1 is 1.12 bits per heavy atom. The van der Waals surface area contributed by atoms with Crippen LogP contribution in [-0.2, 0) is 0 Å². The summed E-state index contributed by atoms with van der Waals surface area (Å²) in [4.78, 5) is 12.5. The number of benzene rings is 1. The Hall–Kier alpha value is -1.15. The van der Waals surface area contributed by atoms with E-state index in [1.807, 2.05) is 13.8 Å². The lowest BCUT2D eigenvalue weighted by Gasteiger charge is -2.32. The van der Waals surface area contributed by atoms with Gasteiger partial charge in [0.2, 0.25) is 0 Å². The summed E-state index contributed by atoms with van der Waals surface area (Å²) in [5.74, 6) is 0.456. The molecule has 0 aromatic heterocycles. The minimum absolute atomic E-state index is 0.156. The van der Waals surface area contributed by atoms with Crippen LogP contribution >= 0.6 is 0 Å². The minimum atomic E-state index is 0.156. The van der Waals surface area contributed by atoms with Crippen molar-refractivity contribution in [2.24, 2.45) is 11.7 Å². The van der Waals surface area contributed by atoms with Crippen molar-refractivity contribution in [3.8, 4) is 0 Å². The Labute approximate surface area is 103 Å². The molecule has 0 atom stereocenters. The molecule has 2 rings (SSSR count). The van der Waals surface area contributed by atoms with E-state index in [0.717, 1.165) is 29.5 Å². The molecule has 1 aromatic carbocycles. The van der Waals surface area contributed by atoms with Gasteiger partial charge in [-0.3, -0.25) is 4.79 Å². The van der Waals surface area contributed by atoms with Gasteiger partial charge in [0.05, 0.1) is 0 Å². The van der Waals surface area contributed by atoms with E-state index in [1.54, 1.807) is 0 Å². The SMILES string of the molecule is Cc1cc(C)c(C)c(C(=O)C2CC(N)C2)c1C. The van der Waals surface area contributed by atoms with E-state index in [4.69, 9.17) is 5.73 Å². The quantitative estimate of drug-likeness (QED) is 0.795. The fourth-order valence-corrected chi connectivity index (χ4v) is 2.67. The van der Waals surface area contributed by atoms with Crippen molar-refractivity contribution in [3.63, 3.8) is 0 Å². The highest BCUT2D eigenvalue weighted by molar-refractivity contribution is 6.01. The fraction of sp³-hybridized carbons (Fsp3) is 0.533. The van der Waals surface area contributed by atoms with Crippen LogP contribution in [0.15, 0.2) is 6.07 Å². The average Bonchev–Trinajstić information content (AvgIpc) is 2.22. The first-order chi connectivity index (χ1) is 7.91. The maximum absolute atomic E-state index is 12.5. The summed E-state index contributed by atoms with van der Waals surface area (Å²) < 4.78 is 0. The monoisotopic (exact) mass is 231 g/mol. The van der Waals surface area contributed by atoms with Crippen LogP contribution in [0.2, 0.25) is 0 Å². The number of carbonyl (C=O) groups is 1. The molecule has 0 bridgehead atoms. The van der Waals surface area contributed by atoms with Crippen molar-refractivity contribution in [2.45, 2.75) is 46.6 Å². The smallest absolute Gasteiger partial charge is 0.166 e. The molecular weight excluding hydrogens is 210 g/mol. The summed E-state index contributed by atoms with van der Waals surface area (Å²) in [6, 6.07) is 2.39. The minimum Gasteiger partial charge on any atom is -0.328 e. The van der Waals surface area contributed by atoms with Crippen LogP contribution in [0.5, 0.6) is 0 Å². The highest BCUT2D eigenvalue weighted by Gasteiger charge is 2.34. The van der Waals surface area contributed by atoms with Crippen molar-refractivity contribution < 1.29 is 4.79 Å². The topological polar surface area (TPSA) is 43.1 Å². The second kappa shape index (κ2) is 4.26. The molecule has 2 heteroatoms. The Kier molecular flexibility index (Phi) is 3.09. The number of ketones is 1. The van der Waals surface area contributed by atoms with E-state index in [-0.39, 0.29) is 12.0 Å². The second-order valence-corrected chi connectivity index (χ2v) is 5.43. The van der Waals surface area contributed by atoms with Crippen LogP contribution < -0.4 is 5.73 Å². The average molecular weight is 231 g/mol. The van der Waals surface area contributed by atoms with Crippen LogP contribution in [0.1, 0.15) is 45.5 Å². The van der Waals surface area contributed by atoms with Gasteiger partial charge in [-0.2, -0.15) is 0 Å². The van der Waals surface area contributed by atoms with E-state index in [0.29, 0.717) is 5.78 Å². The molecule has 17 heavy (non-hydrogen) atoms. The Morgan fingerprint density at radius 3 is 2.00 bits per heavy atom. The molecule has 1 saturated carbocycles. The van der Waals surface area contributed by atoms with Gasteiger partial charge < -0.3 is 5.73 Å². The van der Waals surface area contributed by atoms with Gasteiger partial charge in [-0.05, 0) is 62.8 Å². The molecule has 0 heterocycles. The summed E-state index contributed by atoms with van der Waals surface area (Å²) in [5.41, 5.74) is 11.4. The molecular formula is C15H21NO. The molecule has 1 fully saturated rings. The molecule has 2 N–H and O–H groups in total. The number of rotatable bonds is 2. The van der Waals surface area contributed by atoms with Gasteiger partial charge in [-0.15, -0.1) is 0 Å². The van der Waals surface area contributed by atoms with E-state index in [1.165, 1.54) is 11.1 Å². The van der Waals surface area contributed by atoms with Crippen LogP contribution in [-0.4, -0.2) is 11.8 Å². The maximum Gasteiger partial charge on any atom is 0.166 e. The molecule has 0 radical (unpaired) electrons. The number of hydrogen-bond acceptors (Lipinski definition) is 2. The molecule has 1 aliphatic carbocycles.